The molecular weight excluding hydrogens is 188 g/mol. The molecule has 3 nitrogen and oxygen atoms in total. The molecule has 0 saturated carbocycles. The van der Waals surface area contributed by atoms with E-state index in [-0.39, 0.29) is 11.4 Å². The molecule has 0 heterocycles. The van der Waals surface area contributed by atoms with Crippen LogP contribution in [-0.4, -0.2) is 20.1 Å². The van der Waals surface area contributed by atoms with Gasteiger partial charge in [-0.15, -0.1) is 0 Å². The van der Waals surface area contributed by atoms with Gasteiger partial charge in [-0.05, 0) is 12.1 Å². The highest BCUT2D eigenvalue weighted by atomic mass is 19.1. The van der Waals surface area contributed by atoms with Gasteiger partial charge in [0.15, 0.2) is 11.6 Å². The molecule has 0 bridgehead atoms. The van der Waals surface area contributed by atoms with Gasteiger partial charge in [-0.25, -0.2) is 8.78 Å². The van der Waals surface area contributed by atoms with Gasteiger partial charge < -0.3 is 16.4 Å². The third-order valence-electron chi connectivity index (χ3n) is 1.89. The summed E-state index contributed by atoms with van der Waals surface area (Å²) in [5, 5.41) is 0. The highest BCUT2D eigenvalue weighted by Gasteiger charge is 2.13. The van der Waals surface area contributed by atoms with Gasteiger partial charge in [-0.1, -0.05) is 0 Å². The van der Waals surface area contributed by atoms with Gasteiger partial charge in [0, 0.05) is 25.8 Å². The van der Waals surface area contributed by atoms with Crippen molar-refractivity contribution in [3.8, 4) is 0 Å². The summed E-state index contributed by atoms with van der Waals surface area (Å²) < 4.78 is 26.6. The van der Waals surface area contributed by atoms with Crippen molar-refractivity contribution in [2.45, 2.75) is 0 Å². The maximum absolute atomic E-state index is 13.3. The minimum absolute atomic E-state index is 0.0740. The standard InChI is InChI=1S/C9H13F2N3/c1-14(3-2-12)9-7(10)4-6(13)5-8(9)11/h4-5H,2-3,12-13H2,1H3. The molecule has 0 spiro atoms. The monoisotopic (exact) mass is 201 g/mol. The Kier molecular flexibility index (Phi) is 3.24. The molecule has 0 atom stereocenters. The van der Waals surface area contributed by atoms with Crippen LogP contribution in [0.25, 0.3) is 0 Å². The number of halogens is 2. The van der Waals surface area contributed by atoms with E-state index < -0.39 is 11.6 Å². The van der Waals surface area contributed by atoms with Crippen LogP contribution in [0.2, 0.25) is 0 Å². The van der Waals surface area contributed by atoms with Crippen molar-refractivity contribution >= 4 is 11.4 Å². The number of likely N-dealkylation sites (N-methyl/N-ethyl adjacent to an activating group) is 1. The van der Waals surface area contributed by atoms with Crippen molar-refractivity contribution in [2.24, 2.45) is 5.73 Å². The molecule has 0 aliphatic heterocycles. The molecular formula is C9H13F2N3. The molecule has 78 valence electrons. The lowest BCUT2D eigenvalue weighted by Gasteiger charge is -2.19. The van der Waals surface area contributed by atoms with E-state index in [1.165, 1.54) is 4.90 Å². The Morgan fingerprint density at radius 3 is 2.21 bits per heavy atom. The van der Waals surface area contributed by atoms with E-state index in [1.54, 1.807) is 7.05 Å². The largest absolute Gasteiger partial charge is 0.399 e. The van der Waals surface area contributed by atoms with Crippen molar-refractivity contribution in [3.63, 3.8) is 0 Å². The fourth-order valence-corrected chi connectivity index (χ4v) is 1.26. The van der Waals surface area contributed by atoms with Gasteiger partial charge >= 0.3 is 0 Å². The van der Waals surface area contributed by atoms with Gasteiger partial charge in [0.25, 0.3) is 0 Å². The van der Waals surface area contributed by atoms with Gasteiger partial charge in [0.1, 0.15) is 5.69 Å². The second-order valence-electron chi connectivity index (χ2n) is 3.04. The highest BCUT2D eigenvalue weighted by molar-refractivity contribution is 5.55. The Balaban J connectivity index is 3.07. The van der Waals surface area contributed by atoms with E-state index in [9.17, 15) is 8.78 Å². The maximum Gasteiger partial charge on any atom is 0.151 e. The van der Waals surface area contributed by atoms with E-state index in [2.05, 4.69) is 0 Å². The number of rotatable bonds is 3. The molecule has 1 aromatic rings. The normalized spacial score (nSPS) is 10.3. The minimum Gasteiger partial charge on any atom is -0.399 e. The minimum atomic E-state index is -0.668. The van der Waals surface area contributed by atoms with Crippen LogP contribution in [0.4, 0.5) is 20.2 Å². The second-order valence-corrected chi connectivity index (χ2v) is 3.04. The van der Waals surface area contributed by atoms with E-state index in [0.717, 1.165) is 12.1 Å². The van der Waals surface area contributed by atoms with Crippen LogP contribution in [0, 0.1) is 11.6 Å². The molecule has 0 aromatic heterocycles. The second kappa shape index (κ2) is 4.23. The Hall–Kier alpha value is -1.36. The molecule has 0 amide bonds. The SMILES string of the molecule is CN(CCN)c1c(F)cc(N)cc1F. The third-order valence-corrected chi connectivity index (χ3v) is 1.89. The van der Waals surface area contributed by atoms with Crippen molar-refractivity contribution in [1.82, 2.24) is 0 Å². The van der Waals surface area contributed by atoms with E-state index in [4.69, 9.17) is 11.5 Å². The first-order valence-electron chi connectivity index (χ1n) is 4.22. The highest BCUT2D eigenvalue weighted by Crippen LogP contribution is 2.24. The topological polar surface area (TPSA) is 55.3 Å². The van der Waals surface area contributed by atoms with Gasteiger partial charge in [-0.3, -0.25) is 0 Å². The van der Waals surface area contributed by atoms with Crippen molar-refractivity contribution in [1.29, 1.82) is 0 Å². The predicted molar refractivity (Wildman–Crippen MR) is 53.1 cm³/mol. The summed E-state index contributed by atoms with van der Waals surface area (Å²) in [6.45, 7) is 0.720. The lowest BCUT2D eigenvalue weighted by atomic mass is 10.2. The summed E-state index contributed by atoms with van der Waals surface area (Å²) in [6.07, 6.45) is 0. The van der Waals surface area contributed by atoms with Crippen molar-refractivity contribution < 1.29 is 8.78 Å². The first-order chi connectivity index (χ1) is 6.56. The van der Waals surface area contributed by atoms with Crippen molar-refractivity contribution in [2.75, 3.05) is 30.8 Å². The van der Waals surface area contributed by atoms with Crippen LogP contribution >= 0.6 is 0 Å². The van der Waals surface area contributed by atoms with Crippen molar-refractivity contribution in [3.05, 3.63) is 23.8 Å². The first-order valence-corrected chi connectivity index (χ1v) is 4.22. The molecule has 4 N–H and O–H groups in total. The number of nitrogens with zero attached hydrogens (tertiary/aromatic N) is 1. The molecule has 0 aliphatic carbocycles. The molecule has 0 unspecified atom stereocenters. The number of nitrogen functional groups attached to an aromatic ring is 1. The smallest absolute Gasteiger partial charge is 0.151 e. The molecule has 0 radical (unpaired) electrons. The zero-order chi connectivity index (χ0) is 10.7. The number of anilines is 2. The van der Waals surface area contributed by atoms with Gasteiger partial charge in [-0.2, -0.15) is 0 Å². The Bertz CT molecular complexity index is 305. The third kappa shape index (κ3) is 2.11. The quantitative estimate of drug-likeness (QED) is 0.716. The van der Waals surface area contributed by atoms with Crippen LogP contribution < -0.4 is 16.4 Å². The predicted octanol–water partition coefficient (Wildman–Crippen LogP) is 0.942. The van der Waals surface area contributed by atoms with E-state index in [1.807, 2.05) is 0 Å². The van der Waals surface area contributed by atoms with Gasteiger partial charge in [0.2, 0.25) is 0 Å². The summed E-state index contributed by atoms with van der Waals surface area (Å²) in [5.74, 6) is -1.34. The van der Waals surface area contributed by atoms with E-state index in [0.29, 0.717) is 13.1 Å². The molecule has 1 rings (SSSR count). The summed E-state index contributed by atoms with van der Waals surface area (Å²) in [4.78, 5) is 1.42. The fourth-order valence-electron chi connectivity index (χ4n) is 1.26. The molecule has 1 aromatic carbocycles. The summed E-state index contributed by atoms with van der Waals surface area (Å²) in [6, 6.07) is 2.18. The average Bonchev–Trinajstić information content (AvgIpc) is 2.01. The zero-order valence-electron chi connectivity index (χ0n) is 7.93. The lowest BCUT2D eigenvalue weighted by molar-refractivity contribution is 0.578. The van der Waals surface area contributed by atoms with Crippen LogP contribution in [0.15, 0.2) is 12.1 Å². The van der Waals surface area contributed by atoms with Crippen LogP contribution in [0.3, 0.4) is 0 Å². The summed E-state index contributed by atoms with van der Waals surface area (Å²) in [5.41, 5.74) is 10.5. The first kappa shape index (κ1) is 10.7. The molecule has 14 heavy (non-hydrogen) atoms. The molecule has 0 saturated heterocycles. The number of hydrogen-bond acceptors (Lipinski definition) is 3. The van der Waals surface area contributed by atoms with E-state index >= 15 is 0 Å². The Labute approximate surface area is 81.3 Å². The van der Waals surface area contributed by atoms with Crippen LogP contribution in [0.5, 0.6) is 0 Å². The lowest BCUT2D eigenvalue weighted by Crippen LogP contribution is -2.26. The van der Waals surface area contributed by atoms with Crippen LogP contribution in [-0.2, 0) is 0 Å². The average molecular weight is 201 g/mol. The summed E-state index contributed by atoms with van der Waals surface area (Å²) in [7, 11) is 1.57. The number of benzene rings is 1. The number of nitrogens with two attached hydrogens (primary N) is 2. The van der Waals surface area contributed by atoms with Gasteiger partial charge in [0.05, 0.1) is 0 Å². The Morgan fingerprint density at radius 2 is 1.79 bits per heavy atom. The molecule has 5 heteroatoms. The Morgan fingerprint density at radius 1 is 1.29 bits per heavy atom. The molecule has 0 fully saturated rings. The zero-order valence-corrected chi connectivity index (χ0v) is 7.93. The van der Waals surface area contributed by atoms with Crippen LogP contribution in [0.1, 0.15) is 0 Å². The summed E-state index contributed by atoms with van der Waals surface area (Å²) >= 11 is 0. The fraction of sp³-hybridized carbons (Fsp3) is 0.333. The number of hydrogen-bond donors (Lipinski definition) is 2. The molecule has 0 aliphatic rings. The maximum atomic E-state index is 13.3.